The van der Waals surface area contributed by atoms with Crippen molar-refractivity contribution < 1.29 is 0 Å². The molecule has 7 aromatic carbocycles. The zero-order valence-electron chi connectivity index (χ0n) is 30.1. The normalized spacial score (nSPS) is 12.1. The molecule has 55 heavy (non-hydrogen) atoms. The van der Waals surface area contributed by atoms with Crippen molar-refractivity contribution in [1.29, 1.82) is 0 Å². The van der Waals surface area contributed by atoms with Gasteiger partial charge in [-0.1, -0.05) is 140 Å². The van der Waals surface area contributed by atoms with Gasteiger partial charge in [0.25, 0.3) is 0 Å². The zero-order chi connectivity index (χ0) is 36.5. The Morgan fingerprint density at radius 1 is 0.527 bits per heavy atom. The van der Waals surface area contributed by atoms with E-state index in [1.165, 1.54) is 57.2 Å². The first-order chi connectivity index (χ1) is 27.2. The maximum atomic E-state index is 5.19. The number of thiophene rings is 1. The van der Waals surface area contributed by atoms with Gasteiger partial charge in [-0.2, -0.15) is 0 Å². The SMILES string of the molecule is Cn1c(-c2cccc([Si](c3ccccc3)(c3ccccc3)c3cc4c(c5ccccc5n4-c4ccccn4)c4sc5ccccc5c34)c2)nc2ccccc21. The van der Waals surface area contributed by atoms with Gasteiger partial charge >= 0.3 is 0 Å². The fraction of sp³-hybridized carbons (Fsp3) is 0.0204. The van der Waals surface area contributed by atoms with Crippen molar-refractivity contribution >= 4 is 93.2 Å². The molecular formula is C49H34N4SSi. The quantitative estimate of drug-likeness (QED) is 0.126. The van der Waals surface area contributed by atoms with Crippen LogP contribution in [0.5, 0.6) is 0 Å². The number of nitrogens with zero attached hydrogens (tertiary/aromatic N) is 4. The Kier molecular flexibility index (Phi) is 7.24. The molecule has 4 heterocycles. The highest BCUT2D eigenvalue weighted by atomic mass is 32.1. The van der Waals surface area contributed by atoms with E-state index in [1.807, 2.05) is 23.6 Å². The molecule has 260 valence electrons. The Morgan fingerprint density at radius 2 is 1.18 bits per heavy atom. The van der Waals surface area contributed by atoms with Crippen LogP contribution >= 0.6 is 11.3 Å². The summed E-state index contributed by atoms with van der Waals surface area (Å²) < 4.78 is 7.21. The van der Waals surface area contributed by atoms with Crippen molar-refractivity contribution in [2.45, 2.75) is 0 Å². The Labute approximate surface area is 323 Å². The van der Waals surface area contributed by atoms with Crippen LogP contribution in [0.15, 0.2) is 188 Å². The van der Waals surface area contributed by atoms with E-state index in [4.69, 9.17) is 9.97 Å². The van der Waals surface area contributed by atoms with E-state index in [1.54, 1.807) is 0 Å². The number of hydrogen-bond donors (Lipinski definition) is 0. The minimum Gasteiger partial charge on any atom is -0.327 e. The lowest BCUT2D eigenvalue weighted by atomic mass is 10.1. The third-order valence-electron chi connectivity index (χ3n) is 11.3. The van der Waals surface area contributed by atoms with Gasteiger partial charge in [-0.3, -0.25) is 4.57 Å². The van der Waals surface area contributed by atoms with E-state index in [9.17, 15) is 0 Å². The molecule has 0 radical (unpaired) electrons. The Hall–Kier alpha value is -6.60. The van der Waals surface area contributed by atoms with Crippen LogP contribution < -0.4 is 20.7 Å². The number of pyridine rings is 1. The molecule has 0 aliphatic carbocycles. The predicted molar refractivity (Wildman–Crippen MR) is 235 cm³/mol. The molecule has 0 atom stereocenters. The average Bonchev–Trinajstić information content (AvgIpc) is 3.92. The second-order valence-corrected chi connectivity index (χ2v) is 19.0. The van der Waals surface area contributed by atoms with Gasteiger partial charge in [-0.05, 0) is 63.2 Å². The summed E-state index contributed by atoms with van der Waals surface area (Å²) in [7, 11) is -0.993. The van der Waals surface area contributed by atoms with E-state index in [0.717, 1.165) is 33.8 Å². The van der Waals surface area contributed by atoms with Crippen LogP contribution in [-0.4, -0.2) is 27.2 Å². The van der Waals surface area contributed by atoms with Crippen LogP contribution in [0.2, 0.25) is 0 Å². The molecule has 0 fully saturated rings. The lowest BCUT2D eigenvalue weighted by Gasteiger charge is -2.35. The molecule has 0 saturated heterocycles. The topological polar surface area (TPSA) is 35.6 Å². The van der Waals surface area contributed by atoms with Crippen LogP contribution in [0, 0.1) is 0 Å². The fourth-order valence-electron chi connectivity index (χ4n) is 9.00. The van der Waals surface area contributed by atoms with Gasteiger partial charge in [0, 0.05) is 49.8 Å². The highest BCUT2D eigenvalue weighted by molar-refractivity contribution is 7.28. The lowest BCUT2D eigenvalue weighted by Crippen LogP contribution is -2.74. The smallest absolute Gasteiger partial charge is 0.180 e. The Balaban J connectivity index is 1.36. The fourth-order valence-corrected chi connectivity index (χ4v) is 15.4. The molecule has 0 amide bonds. The number of aromatic nitrogens is 4. The van der Waals surface area contributed by atoms with Crippen LogP contribution in [0.3, 0.4) is 0 Å². The highest BCUT2D eigenvalue weighted by Crippen LogP contribution is 2.43. The van der Waals surface area contributed by atoms with Crippen molar-refractivity contribution in [1.82, 2.24) is 19.1 Å². The summed E-state index contributed by atoms with van der Waals surface area (Å²) >= 11 is 1.91. The minimum absolute atomic E-state index is 0.913. The minimum atomic E-state index is -3.12. The van der Waals surface area contributed by atoms with Crippen LogP contribution in [0.4, 0.5) is 0 Å². The standard InChI is InChI=1S/C49H34N4SSi/c1-52-41-27-12-10-25-39(41)51-49(52)33-17-16-22-36(31-33)55(34-18-4-2-5-19-34,35-20-6-3-7-21-35)44-32-42-46(48-47(44)38-24-9-13-28-43(38)54-48)37-23-8-11-26-40(37)53(42)45-29-14-15-30-50-45/h2-32H,1H3. The molecule has 11 aromatic rings. The number of aryl methyl sites for hydroxylation is 1. The molecule has 0 aliphatic rings. The summed E-state index contributed by atoms with van der Waals surface area (Å²) in [6, 6.07) is 66.8. The van der Waals surface area contributed by atoms with E-state index in [-0.39, 0.29) is 0 Å². The maximum Gasteiger partial charge on any atom is 0.180 e. The van der Waals surface area contributed by atoms with Crippen LogP contribution in [0.25, 0.3) is 70.2 Å². The van der Waals surface area contributed by atoms with Gasteiger partial charge in [0.05, 0.1) is 22.1 Å². The van der Waals surface area contributed by atoms with Gasteiger partial charge < -0.3 is 4.57 Å². The van der Waals surface area contributed by atoms with Crippen molar-refractivity contribution in [2.75, 3.05) is 0 Å². The summed E-state index contributed by atoms with van der Waals surface area (Å²) in [6.45, 7) is 0. The second kappa shape index (κ2) is 12.5. The third kappa shape index (κ3) is 4.68. The molecule has 0 saturated carbocycles. The molecule has 0 unspecified atom stereocenters. The van der Waals surface area contributed by atoms with Crippen LogP contribution in [0.1, 0.15) is 0 Å². The molecule has 4 nitrogen and oxygen atoms in total. The number of benzene rings is 7. The number of fused-ring (bicyclic) bond motifs is 8. The summed E-state index contributed by atoms with van der Waals surface area (Å²) in [5.41, 5.74) is 5.55. The number of rotatable bonds is 6. The number of hydrogen-bond acceptors (Lipinski definition) is 3. The molecule has 4 aromatic heterocycles. The van der Waals surface area contributed by atoms with Crippen molar-refractivity contribution in [3.63, 3.8) is 0 Å². The monoisotopic (exact) mass is 738 g/mol. The molecule has 0 spiro atoms. The first-order valence-electron chi connectivity index (χ1n) is 18.6. The maximum absolute atomic E-state index is 5.19. The number of imidazole rings is 1. The summed E-state index contributed by atoms with van der Waals surface area (Å²) in [5, 5.41) is 10.5. The lowest BCUT2D eigenvalue weighted by molar-refractivity contribution is 0.959. The molecule has 0 aliphatic heterocycles. The average molecular weight is 739 g/mol. The predicted octanol–water partition coefficient (Wildman–Crippen LogP) is 9.48. The van der Waals surface area contributed by atoms with E-state index in [2.05, 4.69) is 192 Å². The van der Waals surface area contributed by atoms with E-state index in [0.29, 0.717) is 0 Å². The number of para-hydroxylation sites is 3. The molecule has 6 heteroatoms. The Morgan fingerprint density at radius 3 is 1.93 bits per heavy atom. The van der Waals surface area contributed by atoms with E-state index < -0.39 is 8.07 Å². The van der Waals surface area contributed by atoms with Gasteiger partial charge in [-0.25, -0.2) is 9.97 Å². The third-order valence-corrected chi connectivity index (χ3v) is 17.3. The molecule has 11 rings (SSSR count). The highest BCUT2D eigenvalue weighted by Gasteiger charge is 2.44. The molecule has 0 bridgehead atoms. The molecular weight excluding hydrogens is 705 g/mol. The van der Waals surface area contributed by atoms with Crippen molar-refractivity contribution in [3.8, 4) is 17.2 Å². The van der Waals surface area contributed by atoms with Crippen molar-refractivity contribution in [3.05, 3.63) is 188 Å². The van der Waals surface area contributed by atoms with Crippen LogP contribution in [-0.2, 0) is 7.05 Å². The summed E-state index contributed by atoms with van der Waals surface area (Å²) in [5.74, 6) is 1.87. The largest absolute Gasteiger partial charge is 0.327 e. The Bertz CT molecular complexity index is 3180. The molecule has 0 N–H and O–H groups in total. The zero-order valence-corrected chi connectivity index (χ0v) is 31.9. The first kappa shape index (κ1) is 31.9. The van der Waals surface area contributed by atoms with Gasteiger partial charge in [0.1, 0.15) is 11.6 Å². The first-order valence-corrected chi connectivity index (χ1v) is 21.5. The van der Waals surface area contributed by atoms with Crippen molar-refractivity contribution in [2.24, 2.45) is 7.05 Å². The summed E-state index contributed by atoms with van der Waals surface area (Å²) in [6.07, 6.45) is 1.90. The van der Waals surface area contributed by atoms with Gasteiger partial charge in [0.15, 0.2) is 8.07 Å². The van der Waals surface area contributed by atoms with Gasteiger partial charge in [0.2, 0.25) is 0 Å². The van der Waals surface area contributed by atoms with Gasteiger partial charge in [-0.15, -0.1) is 11.3 Å². The van der Waals surface area contributed by atoms with E-state index >= 15 is 0 Å². The second-order valence-electron chi connectivity index (χ2n) is 14.2. The summed E-state index contributed by atoms with van der Waals surface area (Å²) in [4.78, 5) is 10.1.